The van der Waals surface area contributed by atoms with E-state index >= 15 is 0 Å². The van der Waals surface area contributed by atoms with Crippen molar-refractivity contribution in [3.05, 3.63) is 29.8 Å². The fraction of sp³-hybridized carbons (Fsp3) is 0.667. The Bertz CT molecular complexity index is 846. The van der Waals surface area contributed by atoms with Gasteiger partial charge in [0.2, 0.25) is 10.0 Å². The van der Waals surface area contributed by atoms with Crippen molar-refractivity contribution in [1.29, 1.82) is 0 Å². The Morgan fingerprint density at radius 3 is 2.22 bits per heavy atom. The van der Waals surface area contributed by atoms with Crippen molar-refractivity contribution < 1.29 is 21.9 Å². The highest BCUT2D eigenvalue weighted by atomic mass is 32.2. The van der Waals surface area contributed by atoms with E-state index in [-0.39, 0.29) is 23.7 Å². The van der Waals surface area contributed by atoms with Gasteiger partial charge in [-0.2, -0.15) is 4.31 Å². The van der Waals surface area contributed by atoms with Crippen LogP contribution >= 0.6 is 0 Å². The average molecular weight is 417 g/mol. The van der Waals surface area contributed by atoms with Gasteiger partial charge in [-0.1, -0.05) is 31.4 Å². The van der Waals surface area contributed by atoms with Crippen molar-refractivity contribution in [2.75, 3.05) is 24.6 Å². The van der Waals surface area contributed by atoms with Crippen LogP contribution in [0.15, 0.2) is 29.2 Å². The van der Waals surface area contributed by atoms with Crippen molar-refractivity contribution in [3.8, 4) is 0 Å². The summed E-state index contributed by atoms with van der Waals surface area (Å²) < 4.78 is 51.0. The second-order valence-corrected chi connectivity index (χ2v) is 11.6. The lowest BCUT2D eigenvalue weighted by Gasteiger charge is -2.29. The first-order chi connectivity index (χ1) is 12.7. The summed E-state index contributed by atoms with van der Waals surface area (Å²) in [5, 5.41) is 10.1. The molecule has 3 rings (SSSR count). The van der Waals surface area contributed by atoms with E-state index in [1.165, 1.54) is 19.3 Å². The number of sulfone groups is 1. The van der Waals surface area contributed by atoms with Gasteiger partial charge in [-0.15, -0.1) is 0 Å². The number of benzene rings is 1. The Hall–Kier alpha value is -1.00. The third-order valence-corrected chi connectivity index (χ3v) is 9.21. The fourth-order valence-corrected chi connectivity index (χ4v) is 7.72. The molecule has 1 aromatic carbocycles. The standard InChI is InChI=1S/C18H28N2O5S2/c19-10-11-20(17-12-26(22,23)13-18(17)21)27(24,25)16-8-6-15(7-9-16)14-4-2-1-3-5-14/h6-9,14,17-18,21H,1-5,10-13,19H2/t17-,18+/m1/s1. The quantitative estimate of drug-likeness (QED) is 0.710. The Kier molecular flexibility index (Phi) is 6.27. The van der Waals surface area contributed by atoms with Crippen LogP contribution in [0.4, 0.5) is 0 Å². The first-order valence-corrected chi connectivity index (χ1v) is 12.7. The smallest absolute Gasteiger partial charge is 0.243 e. The van der Waals surface area contributed by atoms with E-state index in [4.69, 9.17) is 5.73 Å². The summed E-state index contributed by atoms with van der Waals surface area (Å²) in [6.45, 7) is 0.00656. The third-order valence-electron chi connectivity index (χ3n) is 5.58. The number of hydrogen-bond acceptors (Lipinski definition) is 6. The van der Waals surface area contributed by atoms with Gasteiger partial charge in [0.25, 0.3) is 0 Å². The molecule has 27 heavy (non-hydrogen) atoms. The van der Waals surface area contributed by atoms with Gasteiger partial charge in [0.15, 0.2) is 9.84 Å². The molecule has 0 unspecified atom stereocenters. The van der Waals surface area contributed by atoms with Crippen LogP contribution in [0.5, 0.6) is 0 Å². The van der Waals surface area contributed by atoms with Crippen LogP contribution in [0, 0.1) is 0 Å². The van der Waals surface area contributed by atoms with E-state index in [0.29, 0.717) is 5.92 Å². The van der Waals surface area contributed by atoms with Gasteiger partial charge >= 0.3 is 0 Å². The first-order valence-electron chi connectivity index (χ1n) is 9.45. The lowest BCUT2D eigenvalue weighted by Crippen LogP contribution is -2.48. The minimum atomic E-state index is -3.95. The summed E-state index contributed by atoms with van der Waals surface area (Å²) in [5.41, 5.74) is 6.71. The lowest BCUT2D eigenvalue weighted by atomic mass is 9.84. The van der Waals surface area contributed by atoms with Gasteiger partial charge < -0.3 is 10.8 Å². The van der Waals surface area contributed by atoms with Crippen LogP contribution in [0.3, 0.4) is 0 Å². The molecule has 3 N–H and O–H groups in total. The zero-order valence-electron chi connectivity index (χ0n) is 15.3. The maximum atomic E-state index is 13.1. The van der Waals surface area contributed by atoms with Gasteiger partial charge in [-0.3, -0.25) is 0 Å². The Morgan fingerprint density at radius 1 is 1.07 bits per heavy atom. The highest BCUT2D eigenvalue weighted by Gasteiger charge is 2.44. The number of aliphatic hydroxyl groups is 1. The first kappa shape index (κ1) is 20.7. The molecular formula is C18H28N2O5S2. The molecule has 9 heteroatoms. The fourth-order valence-electron chi connectivity index (χ4n) is 4.16. The molecule has 7 nitrogen and oxygen atoms in total. The molecular weight excluding hydrogens is 388 g/mol. The molecule has 152 valence electrons. The summed E-state index contributed by atoms with van der Waals surface area (Å²) in [7, 11) is -7.42. The second-order valence-electron chi connectivity index (χ2n) is 7.52. The predicted molar refractivity (Wildman–Crippen MR) is 104 cm³/mol. The zero-order chi connectivity index (χ0) is 19.7. The maximum absolute atomic E-state index is 13.1. The summed E-state index contributed by atoms with van der Waals surface area (Å²) >= 11 is 0. The van der Waals surface area contributed by atoms with E-state index in [2.05, 4.69) is 0 Å². The number of nitrogens with two attached hydrogens (primary N) is 1. The van der Waals surface area contributed by atoms with Crippen molar-refractivity contribution >= 4 is 19.9 Å². The molecule has 1 heterocycles. The number of nitrogens with zero attached hydrogens (tertiary/aromatic N) is 1. The van der Waals surface area contributed by atoms with Crippen LogP contribution in [0.1, 0.15) is 43.6 Å². The van der Waals surface area contributed by atoms with Crippen molar-refractivity contribution in [2.24, 2.45) is 5.73 Å². The van der Waals surface area contributed by atoms with E-state index in [9.17, 15) is 21.9 Å². The third kappa shape index (κ3) is 4.54. The second kappa shape index (κ2) is 8.16. The Balaban J connectivity index is 1.86. The van der Waals surface area contributed by atoms with Crippen LogP contribution in [-0.4, -0.2) is 63.0 Å². The van der Waals surface area contributed by atoms with Crippen molar-refractivity contribution in [2.45, 2.75) is 55.1 Å². The van der Waals surface area contributed by atoms with Crippen molar-refractivity contribution in [3.63, 3.8) is 0 Å². The molecule has 1 aromatic rings. The summed E-state index contributed by atoms with van der Waals surface area (Å²) in [5.74, 6) is -0.333. The molecule has 2 fully saturated rings. The highest BCUT2D eigenvalue weighted by Crippen LogP contribution is 2.33. The monoisotopic (exact) mass is 416 g/mol. The molecule has 0 aromatic heterocycles. The van der Waals surface area contributed by atoms with Crippen molar-refractivity contribution in [1.82, 2.24) is 4.31 Å². The van der Waals surface area contributed by atoms with Crippen LogP contribution < -0.4 is 5.73 Å². The molecule has 2 aliphatic rings. The molecule has 0 bridgehead atoms. The summed E-state index contributed by atoms with van der Waals surface area (Å²) in [6, 6.07) is 5.87. The molecule has 0 spiro atoms. The molecule has 1 aliphatic carbocycles. The topological polar surface area (TPSA) is 118 Å². The molecule has 1 saturated carbocycles. The van der Waals surface area contributed by atoms with E-state index in [1.54, 1.807) is 12.1 Å². The SMILES string of the molecule is NCCN([C@@H]1CS(=O)(=O)C[C@@H]1O)S(=O)(=O)c1ccc(C2CCCCC2)cc1. The number of hydrogen-bond donors (Lipinski definition) is 2. The normalized spacial score (nSPS) is 26.5. The Morgan fingerprint density at radius 2 is 1.70 bits per heavy atom. The predicted octanol–water partition coefficient (Wildman–Crippen LogP) is 0.842. The van der Waals surface area contributed by atoms with Crippen LogP contribution in [0.25, 0.3) is 0 Å². The zero-order valence-corrected chi connectivity index (χ0v) is 17.0. The Labute approximate surface area is 161 Å². The number of sulfonamides is 1. The van der Waals surface area contributed by atoms with Crippen LogP contribution in [-0.2, 0) is 19.9 Å². The van der Waals surface area contributed by atoms with E-state index in [0.717, 1.165) is 22.7 Å². The molecule has 0 amide bonds. The van der Waals surface area contributed by atoms with Crippen LogP contribution in [0.2, 0.25) is 0 Å². The molecule has 2 atom stereocenters. The van der Waals surface area contributed by atoms with Gasteiger partial charge in [-0.25, -0.2) is 16.8 Å². The average Bonchev–Trinajstić information content (AvgIpc) is 2.92. The molecule has 0 radical (unpaired) electrons. The van der Waals surface area contributed by atoms with Gasteiger partial charge in [0.05, 0.1) is 28.5 Å². The lowest BCUT2D eigenvalue weighted by molar-refractivity contribution is 0.129. The molecule has 1 saturated heterocycles. The van der Waals surface area contributed by atoms with E-state index in [1.807, 2.05) is 12.1 Å². The number of aliphatic hydroxyl groups excluding tert-OH is 1. The largest absolute Gasteiger partial charge is 0.390 e. The van der Waals surface area contributed by atoms with Gasteiger partial charge in [0.1, 0.15) is 0 Å². The molecule has 1 aliphatic heterocycles. The summed E-state index contributed by atoms with van der Waals surface area (Å²) in [4.78, 5) is 0.104. The van der Waals surface area contributed by atoms with Gasteiger partial charge in [0, 0.05) is 13.1 Å². The summed E-state index contributed by atoms with van der Waals surface area (Å²) in [6.07, 6.45) is 4.66. The minimum absolute atomic E-state index is 0.0377. The number of rotatable bonds is 6. The van der Waals surface area contributed by atoms with E-state index < -0.39 is 37.8 Å². The maximum Gasteiger partial charge on any atom is 0.243 e. The van der Waals surface area contributed by atoms with Gasteiger partial charge in [-0.05, 0) is 36.5 Å². The highest BCUT2D eigenvalue weighted by molar-refractivity contribution is 7.92. The minimum Gasteiger partial charge on any atom is -0.390 e.